The lowest BCUT2D eigenvalue weighted by molar-refractivity contribution is 0.726. The molecule has 1 aromatic rings. The first-order valence-corrected chi connectivity index (χ1v) is 5.98. The first-order chi connectivity index (χ1) is 6.81. The van der Waals surface area contributed by atoms with Crippen LogP contribution in [0.2, 0.25) is 0 Å². The van der Waals surface area contributed by atoms with Crippen LogP contribution in [0.3, 0.4) is 0 Å². The zero-order valence-electron chi connectivity index (χ0n) is 8.33. The zero-order chi connectivity index (χ0) is 10.4. The van der Waals surface area contributed by atoms with Gasteiger partial charge in [0.25, 0.3) is 0 Å². The van der Waals surface area contributed by atoms with Crippen LogP contribution in [0.4, 0.5) is 0 Å². The summed E-state index contributed by atoms with van der Waals surface area (Å²) in [6.45, 7) is 2.11. The second-order valence-electron chi connectivity index (χ2n) is 3.35. The van der Waals surface area contributed by atoms with E-state index >= 15 is 0 Å². The van der Waals surface area contributed by atoms with Gasteiger partial charge in [0, 0.05) is 5.33 Å². The molecule has 0 saturated carbocycles. The van der Waals surface area contributed by atoms with Crippen molar-refractivity contribution in [3.8, 4) is 6.07 Å². The molecular weight excluding hydrogens is 238 g/mol. The van der Waals surface area contributed by atoms with Gasteiger partial charge in [0.1, 0.15) is 0 Å². The van der Waals surface area contributed by atoms with Crippen LogP contribution in [0.1, 0.15) is 36.8 Å². The van der Waals surface area contributed by atoms with E-state index in [-0.39, 0.29) is 5.92 Å². The van der Waals surface area contributed by atoms with E-state index in [9.17, 15) is 0 Å². The minimum Gasteiger partial charge on any atom is -0.198 e. The highest BCUT2D eigenvalue weighted by Crippen LogP contribution is 2.21. The highest BCUT2D eigenvalue weighted by molar-refractivity contribution is 9.08. The van der Waals surface area contributed by atoms with Gasteiger partial charge in [-0.3, -0.25) is 0 Å². The van der Waals surface area contributed by atoms with Crippen molar-refractivity contribution < 1.29 is 0 Å². The predicted molar refractivity (Wildman–Crippen MR) is 62.3 cm³/mol. The van der Waals surface area contributed by atoms with Crippen LogP contribution in [0.15, 0.2) is 24.3 Å². The average molecular weight is 252 g/mol. The van der Waals surface area contributed by atoms with Crippen molar-refractivity contribution in [2.45, 2.75) is 31.0 Å². The van der Waals surface area contributed by atoms with Gasteiger partial charge in [-0.05, 0) is 17.5 Å². The van der Waals surface area contributed by atoms with Crippen molar-refractivity contribution in [3.05, 3.63) is 35.4 Å². The second-order valence-corrected chi connectivity index (χ2v) is 3.91. The fourth-order valence-corrected chi connectivity index (χ4v) is 1.84. The quantitative estimate of drug-likeness (QED) is 0.743. The minimum absolute atomic E-state index is 0.0546. The van der Waals surface area contributed by atoms with Crippen molar-refractivity contribution in [1.82, 2.24) is 0 Å². The molecule has 0 radical (unpaired) electrons. The second kappa shape index (κ2) is 5.82. The van der Waals surface area contributed by atoms with Crippen LogP contribution in [0, 0.1) is 11.3 Å². The van der Waals surface area contributed by atoms with Crippen LogP contribution < -0.4 is 0 Å². The van der Waals surface area contributed by atoms with Gasteiger partial charge in [-0.1, -0.05) is 53.5 Å². The zero-order valence-corrected chi connectivity index (χ0v) is 9.92. The van der Waals surface area contributed by atoms with Crippen LogP contribution >= 0.6 is 15.9 Å². The highest BCUT2D eigenvalue weighted by atomic mass is 79.9. The van der Waals surface area contributed by atoms with E-state index in [0.717, 1.165) is 23.7 Å². The molecule has 0 aliphatic carbocycles. The van der Waals surface area contributed by atoms with E-state index in [4.69, 9.17) is 5.26 Å². The largest absolute Gasteiger partial charge is 0.198 e. The number of hydrogen-bond donors (Lipinski definition) is 0. The molecular formula is C12H14BrN. The molecule has 14 heavy (non-hydrogen) atoms. The maximum atomic E-state index is 9.01. The Hall–Kier alpha value is -0.810. The summed E-state index contributed by atoms with van der Waals surface area (Å²) in [5.74, 6) is 0.0546. The lowest BCUT2D eigenvalue weighted by Crippen LogP contribution is -1.95. The number of halogens is 1. The Bertz CT molecular complexity index is 327. The lowest BCUT2D eigenvalue weighted by Gasteiger charge is -2.08. The molecule has 0 spiro atoms. The standard InChI is InChI=1S/C12H14BrN/c1-2-4-12(9-14)11-6-3-5-10(7-11)8-13/h3,5-7,12H,2,4,8H2,1H3. The molecule has 74 valence electrons. The van der Waals surface area contributed by atoms with Gasteiger partial charge in [0.2, 0.25) is 0 Å². The molecule has 1 nitrogen and oxygen atoms in total. The summed E-state index contributed by atoms with van der Waals surface area (Å²) in [4.78, 5) is 0. The molecule has 0 heterocycles. The SMILES string of the molecule is CCCC(C#N)c1cccc(CBr)c1. The van der Waals surface area contributed by atoms with Crippen molar-refractivity contribution in [3.63, 3.8) is 0 Å². The maximum Gasteiger partial charge on any atom is 0.0712 e. The van der Waals surface area contributed by atoms with E-state index in [2.05, 4.69) is 41.1 Å². The Kier molecular flexibility index (Phi) is 4.69. The number of nitriles is 1. The fourth-order valence-electron chi connectivity index (χ4n) is 1.49. The van der Waals surface area contributed by atoms with Crippen LogP contribution in [-0.2, 0) is 5.33 Å². The van der Waals surface area contributed by atoms with E-state index in [0.29, 0.717) is 0 Å². The molecule has 2 heteroatoms. The summed E-state index contributed by atoms with van der Waals surface area (Å²) < 4.78 is 0. The maximum absolute atomic E-state index is 9.01. The van der Waals surface area contributed by atoms with Gasteiger partial charge in [0.05, 0.1) is 12.0 Å². The molecule has 0 aliphatic rings. The first-order valence-electron chi connectivity index (χ1n) is 4.86. The first kappa shape index (κ1) is 11.3. The molecule has 1 aromatic carbocycles. The van der Waals surface area contributed by atoms with Crippen molar-refractivity contribution in [2.24, 2.45) is 0 Å². The molecule has 0 N–H and O–H groups in total. The van der Waals surface area contributed by atoms with E-state index in [1.165, 1.54) is 5.56 Å². The average Bonchev–Trinajstić information content (AvgIpc) is 2.26. The number of alkyl halides is 1. The number of rotatable bonds is 4. The molecule has 0 bridgehead atoms. The van der Waals surface area contributed by atoms with Gasteiger partial charge in [-0.25, -0.2) is 0 Å². The predicted octanol–water partition coefficient (Wildman–Crippen LogP) is 3.99. The van der Waals surface area contributed by atoms with E-state index in [1.807, 2.05) is 12.1 Å². The Morgan fingerprint density at radius 1 is 1.50 bits per heavy atom. The molecule has 1 unspecified atom stereocenters. The normalized spacial score (nSPS) is 12.1. The van der Waals surface area contributed by atoms with Crippen LogP contribution in [-0.4, -0.2) is 0 Å². The summed E-state index contributed by atoms with van der Waals surface area (Å²) in [5, 5.41) is 9.86. The van der Waals surface area contributed by atoms with E-state index < -0.39 is 0 Å². The van der Waals surface area contributed by atoms with Gasteiger partial charge >= 0.3 is 0 Å². The van der Waals surface area contributed by atoms with Crippen molar-refractivity contribution >= 4 is 15.9 Å². The highest BCUT2D eigenvalue weighted by Gasteiger charge is 2.08. The summed E-state index contributed by atoms with van der Waals surface area (Å²) in [7, 11) is 0. The third kappa shape index (κ3) is 2.85. The molecule has 0 saturated heterocycles. The molecule has 1 atom stereocenters. The Morgan fingerprint density at radius 3 is 2.86 bits per heavy atom. The smallest absolute Gasteiger partial charge is 0.0712 e. The fraction of sp³-hybridized carbons (Fsp3) is 0.417. The number of nitrogens with zero attached hydrogens (tertiary/aromatic N) is 1. The third-order valence-corrected chi connectivity index (χ3v) is 2.89. The Morgan fingerprint density at radius 2 is 2.29 bits per heavy atom. The minimum atomic E-state index is 0.0546. The summed E-state index contributed by atoms with van der Waals surface area (Å²) in [5.41, 5.74) is 2.38. The van der Waals surface area contributed by atoms with E-state index in [1.54, 1.807) is 0 Å². The topological polar surface area (TPSA) is 23.8 Å². The van der Waals surface area contributed by atoms with Gasteiger partial charge < -0.3 is 0 Å². The molecule has 0 amide bonds. The molecule has 1 rings (SSSR count). The third-order valence-electron chi connectivity index (χ3n) is 2.24. The lowest BCUT2D eigenvalue weighted by atomic mass is 9.95. The van der Waals surface area contributed by atoms with Gasteiger partial charge in [-0.15, -0.1) is 0 Å². The number of hydrogen-bond acceptors (Lipinski definition) is 1. The van der Waals surface area contributed by atoms with Crippen molar-refractivity contribution in [1.29, 1.82) is 5.26 Å². The monoisotopic (exact) mass is 251 g/mol. The Labute approximate surface area is 93.9 Å². The number of benzene rings is 1. The Balaban J connectivity index is 2.88. The summed E-state index contributed by atoms with van der Waals surface area (Å²) in [6, 6.07) is 10.6. The van der Waals surface area contributed by atoms with Crippen LogP contribution in [0.5, 0.6) is 0 Å². The summed E-state index contributed by atoms with van der Waals surface area (Å²) in [6.07, 6.45) is 2.00. The molecule has 0 aliphatic heterocycles. The van der Waals surface area contributed by atoms with Crippen molar-refractivity contribution in [2.75, 3.05) is 0 Å². The summed E-state index contributed by atoms with van der Waals surface area (Å²) >= 11 is 3.42. The molecule has 0 fully saturated rings. The van der Waals surface area contributed by atoms with Crippen LogP contribution in [0.25, 0.3) is 0 Å². The van der Waals surface area contributed by atoms with Gasteiger partial charge in [0.15, 0.2) is 0 Å². The van der Waals surface area contributed by atoms with Gasteiger partial charge in [-0.2, -0.15) is 5.26 Å². The molecule has 0 aromatic heterocycles.